The number of aryl methyl sites for hydroxylation is 1. The number of amides is 2. The van der Waals surface area contributed by atoms with E-state index in [9.17, 15) is 9.59 Å². The minimum atomic E-state index is -0.390. The van der Waals surface area contributed by atoms with E-state index in [4.69, 9.17) is 0 Å². The Morgan fingerprint density at radius 3 is 2.85 bits per heavy atom. The molecular formula is C14H21N3O2S. The molecule has 0 radical (unpaired) electrons. The zero-order valence-corrected chi connectivity index (χ0v) is 13.0. The van der Waals surface area contributed by atoms with Gasteiger partial charge in [0.25, 0.3) is 0 Å². The van der Waals surface area contributed by atoms with Gasteiger partial charge in [-0.3, -0.25) is 9.59 Å². The topological polar surface area (TPSA) is 62.3 Å². The predicted octanol–water partition coefficient (Wildman–Crippen LogP) is 1.71. The third-order valence-corrected chi connectivity index (χ3v) is 4.17. The fourth-order valence-electron chi connectivity index (χ4n) is 2.35. The van der Waals surface area contributed by atoms with Gasteiger partial charge in [0, 0.05) is 24.0 Å². The molecule has 0 bridgehead atoms. The highest BCUT2D eigenvalue weighted by atomic mass is 32.1. The van der Waals surface area contributed by atoms with Crippen molar-refractivity contribution in [3.63, 3.8) is 0 Å². The third-order valence-electron chi connectivity index (χ3n) is 3.28. The molecule has 110 valence electrons. The predicted molar refractivity (Wildman–Crippen MR) is 78.3 cm³/mol. The summed E-state index contributed by atoms with van der Waals surface area (Å²) in [4.78, 5) is 31.3. The van der Waals surface area contributed by atoms with Crippen LogP contribution in [0.25, 0.3) is 0 Å². The first-order valence-corrected chi connectivity index (χ1v) is 7.77. The summed E-state index contributed by atoms with van der Waals surface area (Å²) in [5.41, 5.74) is 0. The minimum absolute atomic E-state index is 0.0237. The average molecular weight is 295 g/mol. The molecular weight excluding hydrogens is 274 g/mol. The number of carbonyl (C=O) groups excluding carboxylic acids is 2. The van der Waals surface area contributed by atoms with E-state index in [-0.39, 0.29) is 17.9 Å². The zero-order valence-electron chi connectivity index (χ0n) is 12.2. The molecule has 2 rings (SSSR count). The van der Waals surface area contributed by atoms with E-state index >= 15 is 0 Å². The van der Waals surface area contributed by atoms with Crippen molar-refractivity contribution in [3.05, 3.63) is 16.1 Å². The van der Waals surface area contributed by atoms with Crippen LogP contribution in [0.1, 0.15) is 36.6 Å². The first-order valence-electron chi connectivity index (χ1n) is 6.95. The second-order valence-corrected chi connectivity index (χ2v) is 6.92. The molecule has 1 aromatic heterocycles. The molecule has 1 saturated heterocycles. The summed E-state index contributed by atoms with van der Waals surface area (Å²) in [5.74, 6) is 0.359. The van der Waals surface area contributed by atoms with Crippen molar-refractivity contribution < 1.29 is 9.59 Å². The van der Waals surface area contributed by atoms with Crippen molar-refractivity contribution in [2.24, 2.45) is 5.92 Å². The molecule has 0 aromatic carbocycles. The highest BCUT2D eigenvalue weighted by Gasteiger charge is 2.30. The number of aromatic nitrogens is 1. The number of thiazole rings is 1. The number of hydrogen-bond donors (Lipinski definition) is 1. The molecule has 0 spiro atoms. The van der Waals surface area contributed by atoms with Gasteiger partial charge in [0.05, 0.1) is 11.6 Å². The Hall–Kier alpha value is -1.43. The van der Waals surface area contributed by atoms with Gasteiger partial charge in [0.1, 0.15) is 6.04 Å². The van der Waals surface area contributed by atoms with Crippen LogP contribution in [0.5, 0.6) is 0 Å². The molecule has 6 heteroatoms. The quantitative estimate of drug-likeness (QED) is 0.920. The van der Waals surface area contributed by atoms with E-state index in [1.807, 2.05) is 13.1 Å². The van der Waals surface area contributed by atoms with Crippen LogP contribution in [-0.2, 0) is 16.1 Å². The summed E-state index contributed by atoms with van der Waals surface area (Å²) in [5, 5.41) is 3.83. The second-order valence-electron chi connectivity index (χ2n) is 5.61. The molecule has 0 saturated carbocycles. The van der Waals surface area contributed by atoms with Crippen LogP contribution in [0.2, 0.25) is 0 Å². The normalized spacial score (nSPS) is 20.2. The lowest BCUT2D eigenvalue weighted by molar-refractivity contribution is -0.134. The van der Waals surface area contributed by atoms with Crippen molar-refractivity contribution >= 4 is 23.2 Å². The molecule has 1 fully saturated rings. The first-order chi connectivity index (χ1) is 9.45. The summed E-state index contributed by atoms with van der Waals surface area (Å²) in [6, 6.07) is -0.390. The van der Waals surface area contributed by atoms with E-state index in [2.05, 4.69) is 24.1 Å². The molecule has 1 N–H and O–H groups in total. The Morgan fingerprint density at radius 2 is 2.25 bits per heavy atom. The monoisotopic (exact) mass is 295 g/mol. The molecule has 5 nitrogen and oxygen atoms in total. The summed E-state index contributed by atoms with van der Waals surface area (Å²) >= 11 is 1.60. The van der Waals surface area contributed by atoms with Gasteiger partial charge in [-0.25, -0.2) is 4.98 Å². The Balaban J connectivity index is 2.10. The minimum Gasteiger partial charge on any atom is -0.344 e. The van der Waals surface area contributed by atoms with Crippen LogP contribution < -0.4 is 5.32 Å². The Bertz CT molecular complexity index is 498. The standard InChI is InChI=1S/C14H21N3O2S/c1-9(2)6-12-14(19)17(5-4-13(18)16-12)8-11-7-15-10(3)20-11/h7,9,12H,4-6,8H2,1-3H3,(H,16,18). The largest absolute Gasteiger partial charge is 0.344 e. The fourth-order valence-corrected chi connectivity index (χ4v) is 3.16. The highest BCUT2D eigenvalue weighted by Crippen LogP contribution is 2.18. The maximum atomic E-state index is 12.5. The van der Waals surface area contributed by atoms with Gasteiger partial charge in [-0.15, -0.1) is 11.3 Å². The number of nitrogens with zero attached hydrogens (tertiary/aromatic N) is 2. The van der Waals surface area contributed by atoms with E-state index in [0.717, 1.165) is 9.88 Å². The third kappa shape index (κ3) is 3.79. The van der Waals surface area contributed by atoms with Gasteiger partial charge in [-0.2, -0.15) is 0 Å². The van der Waals surface area contributed by atoms with Crippen LogP contribution in [-0.4, -0.2) is 34.3 Å². The van der Waals surface area contributed by atoms with Crippen molar-refractivity contribution in [1.82, 2.24) is 15.2 Å². The van der Waals surface area contributed by atoms with Crippen molar-refractivity contribution in [1.29, 1.82) is 0 Å². The summed E-state index contributed by atoms with van der Waals surface area (Å²) in [6.45, 7) is 7.09. The summed E-state index contributed by atoms with van der Waals surface area (Å²) in [7, 11) is 0. The number of rotatable bonds is 4. The van der Waals surface area contributed by atoms with Gasteiger partial charge in [0.15, 0.2) is 0 Å². The van der Waals surface area contributed by atoms with Gasteiger partial charge in [0.2, 0.25) is 11.8 Å². The number of hydrogen-bond acceptors (Lipinski definition) is 4. The lowest BCUT2D eigenvalue weighted by Crippen LogP contribution is -2.45. The molecule has 1 atom stereocenters. The van der Waals surface area contributed by atoms with E-state index < -0.39 is 0 Å². The van der Waals surface area contributed by atoms with Gasteiger partial charge < -0.3 is 10.2 Å². The van der Waals surface area contributed by atoms with Gasteiger partial charge in [-0.05, 0) is 19.3 Å². The van der Waals surface area contributed by atoms with Gasteiger partial charge >= 0.3 is 0 Å². The molecule has 1 aromatic rings. The van der Waals surface area contributed by atoms with Gasteiger partial charge in [-0.1, -0.05) is 13.8 Å². The highest BCUT2D eigenvalue weighted by molar-refractivity contribution is 7.11. The van der Waals surface area contributed by atoms with Crippen LogP contribution in [0, 0.1) is 12.8 Å². The van der Waals surface area contributed by atoms with Crippen molar-refractivity contribution in [3.8, 4) is 0 Å². The lowest BCUT2D eigenvalue weighted by Gasteiger charge is -2.24. The molecule has 1 aliphatic rings. The van der Waals surface area contributed by atoms with E-state index in [1.54, 1.807) is 16.2 Å². The Kier molecular flexibility index (Phi) is 4.75. The molecule has 1 unspecified atom stereocenters. The summed E-state index contributed by atoms with van der Waals surface area (Å²) in [6.07, 6.45) is 2.87. The average Bonchev–Trinajstić information content (AvgIpc) is 2.72. The van der Waals surface area contributed by atoms with Crippen molar-refractivity contribution in [2.75, 3.05) is 6.54 Å². The fraction of sp³-hybridized carbons (Fsp3) is 0.643. The molecule has 1 aliphatic heterocycles. The molecule has 20 heavy (non-hydrogen) atoms. The molecule has 2 heterocycles. The van der Waals surface area contributed by atoms with E-state index in [0.29, 0.717) is 31.8 Å². The van der Waals surface area contributed by atoms with Crippen LogP contribution in [0.3, 0.4) is 0 Å². The second kappa shape index (κ2) is 6.35. The zero-order chi connectivity index (χ0) is 14.7. The van der Waals surface area contributed by atoms with Crippen LogP contribution in [0.15, 0.2) is 6.20 Å². The SMILES string of the molecule is Cc1ncc(CN2CCC(=O)NC(CC(C)C)C2=O)s1. The Morgan fingerprint density at radius 1 is 1.50 bits per heavy atom. The lowest BCUT2D eigenvalue weighted by atomic mass is 10.0. The Labute approximate surface area is 123 Å². The summed E-state index contributed by atoms with van der Waals surface area (Å²) < 4.78 is 0. The molecule has 0 aliphatic carbocycles. The maximum absolute atomic E-state index is 12.5. The first kappa shape index (κ1) is 15.0. The number of nitrogens with one attached hydrogen (secondary N) is 1. The smallest absolute Gasteiger partial charge is 0.245 e. The van der Waals surface area contributed by atoms with Crippen LogP contribution >= 0.6 is 11.3 Å². The number of carbonyl (C=O) groups is 2. The van der Waals surface area contributed by atoms with Crippen molar-refractivity contribution in [2.45, 2.75) is 46.2 Å². The molecule has 2 amide bonds. The maximum Gasteiger partial charge on any atom is 0.245 e. The van der Waals surface area contributed by atoms with E-state index in [1.165, 1.54) is 0 Å². The van der Waals surface area contributed by atoms with Crippen LogP contribution in [0.4, 0.5) is 0 Å².